The van der Waals surface area contributed by atoms with Gasteiger partial charge in [0.2, 0.25) is 0 Å². The van der Waals surface area contributed by atoms with Gasteiger partial charge >= 0.3 is 6.09 Å². The van der Waals surface area contributed by atoms with Gasteiger partial charge in [-0.3, -0.25) is 4.90 Å². The first kappa shape index (κ1) is 15.3. The Kier molecular flexibility index (Phi) is 4.01. The first-order valence-electron chi connectivity index (χ1n) is 8.86. The number of likely N-dealkylation sites (tertiary alicyclic amines) is 1. The van der Waals surface area contributed by atoms with E-state index in [0.29, 0.717) is 6.61 Å². The van der Waals surface area contributed by atoms with Gasteiger partial charge in [-0.2, -0.15) is 0 Å². The van der Waals surface area contributed by atoms with Crippen LogP contribution in [0, 0.1) is 0 Å². The third kappa shape index (κ3) is 2.58. The Morgan fingerprint density at radius 2 is 1.75 bits per heavy atom. The highest BCUT2D eigenvalue weighted by molar-refractivity contribution is 5.70. The number of hydrogen-bond donors (Lipinski definition) is 0. The van der Waals surface area contributed by atoms with Crippen LogP contribution in [0.5, 0.6) is 0 Å². The molecule has 1 spiro atoms. The summed E-state index contributed by atoms with van der Waals surface area (Å²) in [6.45, 7) is 1.13. The third-order valence-electron chi connectivity index (χ3n) is 5.47. The van der Waals surface area contributed by atoms with Gasteiger partial charge in [0.05, 0.1) is 5.54 Å². The summed E-state index contributed by atoms with van der Waals surface area (Å²) < 4.78 is 5.64. The number of nitrogens with zero attached hydrogens (tertiary/aromatic N) is 1. The lowest BCUT2D eigenvalue weighted by atomic mass is 9.75. The zero-order valence-electron chi connectivity index (χ0n) is 13.9. The molecular formula is C21H23NO2. The van der Waals surface area contributed by atoms with Crippen molar-refractivity contribution in [3.8, 4) is 0 Å². The second kappa shape index (κ2) is 6.31. The molecule has 0 saturated carbocycles. The van der Waals surface area contributed by atoms with E-state index in [-0.39, 0.29) is 11.6 Å². The number of rotatable bonds is 2. The standard InChI is InChI=1S/C21H23NO2/c23-20(24-16-17-8-2-1-3-9-17)22-15-7-14-21(22)13-6-11-18-10-4-5-12-19(18)21/h1-5,8-10,12H,6-7,11,13-16H2. The number of hydrogen-bond acceptors (Lipinski definition) is 2. The van der Waals surface area contributed by atoms with Crippen molar-refractivity contribution in [3.05, 3.63) is 71.3 Å². The first-order valence-corrected chi connectivity index (χ1v) is 8.86. The van der Waals surface area contributed by atoms with Crippen LogP contribution in [-0.4, -0.2) is 17.5 Å². The van der Waals surface area contributed by atoms with Crippen molar-refractivity contribution in [1.82, 2.24) is 4.90 Å². The summed E-state index contributed by atoms with van der Waals surface area (Å²) in [5.41, 5.74) is 3.61. The average molecular weight is 321 g/mol. The Hall–Kier alpha value is -2.29. The average Bonchev–Trinajstić information content (AvgIpc) is 3.05. The molecule has 24 heavy (non-hydrogen) atoms. The molecule has 1 fully saturated rings. The number of benzene rings is 2. The molecule has 2 aliphatic rings. The lowest BCUT2D eigenvalue weighted by Gasteiger charge is -2.42. The van der Waals surface area contributed by atoms with Crippen molar-refractivity contribution < 1.29 is 9.53 Å². The van der Waals surface area contributed by atoms with Crippen LogP contribution in [0.3, 0.4) is 0 Å². The maximum Gasteiger partial charge on any atom is 0.410 e. The predicted octanol–water partition coefficient (Wildman–Crippen LogP) is 4.65. The molecule has 3 nitrogen and oxygen atoms in total. The van der Waals surface area contributed by atoms with E-state index < -0.39 is 0 Å². The van der Waals surface area contributed by atoms with Crippen molar-refractivity contribution in [2.24, 2.45) is 0 Å². The van der Waals surface area contributed by atoms with E-state index in [1.807, 2.05) is 35.2 Å². The van der Waals surface area contributed by atoms with E-state index in [9.17, 15) is 4.79 Å². The Balaban J connectivity index is 1.56. The number of fused-ring (bicyclic) bond motifs is 2. The minimum Gasteiger partial charge on any atom is -0.445 e. The highest BCUT2D eigenvalue weighted by Gasteiger charge is 2.47. The summed E-state index contributed by atoms with van der Waals surface area (Å²) in [5.74, 6) is 0. The van der Waals surface area contributed by atoms with Crippen molar-refractivity contribution >= 4 is 6.09 Å². The highest BCUT2D eigenvalue weighted by Crippen LogP contribution is 2.47. The van der Waals surface area contributed by atoms with E-state index >= 15 is 0 Å². The molecule has 1 amide bonds. The van der Waals surface area contributed by atoms with E-state index in [4.69, 9.17) is 4.74 Å². The molecule has 1 aliphatic heterocycles. The van der Waals surface area contributed by atoms with Gasteiger partial charge in [-0.1, -0.05) is 54.6 Å². The number of ether oxygens (including phenoxy) is 1. The normalized spacial score (nSPS) is 22.4. The van der Waals surface area contributed by atoms with Gasteiger partial charge in [-0.05, 0) is 48.8 Å². The Bertz CT molecular complexity index is 728. The Morgan fingerprint density at radius 3 is 2.62 bits per heavy atom. The lowest BCUT2D eigenvalue weighted by Crippen LogP contribution is -2.47. The molecular weight excluding hydrogens is 298 g/mol. The topological polar surface area (TPSA) is 29.5 Å². The van der Waals surface area contributed by atoms with Crippen molar-refractivity contribution in [1.29, 1.82) is 0 Å². The molecule has 124 valence electrons. The molecule has 0 radical (unpaired) electrons. The van der Waals surface area contributed by atoms with E-state index in [0.717, 1.165) is 44.2 Å². The van der Waals surface area contributed by atoms with Crippen molar-refractivity contribution in [2.45, 2.75) is 44.2 Å². The molecule has 0 N–H and O–H groups in total. The Labute approximate surface area is 143 Å². The molecule has 1 aliphatic carbocycles. The SMILES string of the molecule is O=C(OCc1ccccc1)N1CCCC12CCCc1ccccc12. The van der Waals surface area contributed by atoms with Gasteiger partial charge in [0.15, 0.2) is 0 Å². The monoisotopic (exact) mass is 321 g/mol. The number of amides is 1. The third-order valence-corrected chi connectivity index (χ3v) is 5.47. The highest BCUT2D eigenvalue weighted by atomic mass is 16.6. The molecule has 1 heterocycles. The van der Waals surface area contributed by atoms with Crippen LogP contribution >= 0.6 is 0 Å². The minimum atomic E-state index is -0.173. The van der Waals surface area contributed by atoms with Crippen LogP contribution in [0.25, 0.3) is 0 Å². The fourth-order valence-electron chi connectivity index (χ4n) is 4.38. The van der Waals surface area contributed by atoms with E-state index in [2.05, 4.69) is 24.3 Å². The molecule has 0 aromatic heterocycles. The van der Waals surface area contributed by atoms with Gasteiger partial charge in [0.1, 0.15) is 6.61 Å². The summed E-state index contributed by atoms with van der Waals surface area (Å²) in [6, 6.07) is 18.5. The fourth-order valence-corrected chi connectivity index (χ4v) is 4.38. The van der Waals surface area contributed by atoms with Crippen LogP contribution < -0.4 is 0 Å². The van der Waals surface area contributed by atoms with E-state index in [1.165, 1.54) is 11.1 Å². The molecule has 1 atom stereocenters. The van der Waals surface area contributed by atoms with Crippen LogP contribution in [0.2, 0.25) is 0 Å². The summed E-state index contributed by atoms with van der Waals surface area (Å²) in [6.07, 6.45) is 5.22. The zero-order valence-corrected chi connectivity index (χ0v) is 13.9. The quantitative estimate of drug-likeness (QED) is 0.805. The minimum absolute atomic E-state index is 0.150. The molecule has 3 heteroatoms. The van der Waals surface area contributed by atoms with Gasteiger partial charge < -0.3 is 4.74 Å². The van der Waals surface area contributed by atoms with Crippen LogP contribution in [-0.2, 0) is 23.3 Å². The Morgan fingerprint density at radius 1 is 1.00 bits per heavy atom. The van der Waals surface area contributed by atoms with Gasteiger partial charge in [-0.15, -0.1) is 0 Å². The zero-order chi connectivity index (χ0) is 16.4. The second-order valence-corrected chi connectivity index (χ2v) is 6.84. The summed E-state index contributed by atoms with van der Waals surface area (Å²) in [4.78, 5) is 14.8. The maximum absolute atomic E-state index is 12.8. The molecule has 1 unspecified atom stereocenters. The fraction of sp³-hybridized carbons (Fsp3) is 0.381. The van der Waals surface area contributed by atoms with Gasteiger partial charge in [-0.25, -0.2) is 4.79 Å². The first-order chi connectivity index (χ1) is 11.8. The molecule has 2 aromatic rings. The summed E-state index contributed by atoms with van der Waals surface area (Å²) in [5, 5.41) is 0. The van der Waals surface area contributed by atoms with Crippen molar-refractivity contribution in [3.63, 3.8) is 0 Å². The van der Waals surface area contributed by atoms with Crippen LogP contribution in [0.4, 0.5) is 4.79 Å². The number of aryl methyl sites for hydroxylation is 1. The summed E-state index contributed by atoms with van der Waals surface area (Å²) >= 11 is 0. The molecule has 0 bridgehead atoms. The summed E-state index contributed by atoms with van der Waals surface area (Å²) in [7, 11) is 0. The second-order valence-electron chi connectivity index (χ2n) is 6.84. The smallest absolute Gasteiger partial charge is 0.410 e. The molecule has 4 rings (SSSR count). The van der Waals surface area contributed by atoms with Crippen LogP contribution in [0.15, 0.2) is 54.6 Å². The maximum atomic E-state index is 12.8. The lowest BCUT2D eigenvalue weighted by molar-refractivity contribution is 0.0566. The molecule has 1 saturated heterocycles. The molecule has 2 aromatic carbocycles. The number of carbonyl (C=O) groups is 1. The largest absolute Gasteiger partial charge is 0.445 e. The van der Waals surface area contributed by atoms with Crippen LogP contribution in [0.1, 0.15) is 42.4 Å². The number of carbonyl (C=O) groups excluding carboxylic acids is 1. The predicted molar refractivity (Wildman–Crippen MR) is 93.6 cm³/mol. The van der Waals surface area contributed by atoms with Gasteiger partial charge in [0, 0.05) is 6.54 Å². The van der Waals surface area contributed by atoms with Crippen molar-refractivity contribution in [2.75, 3.05) is 6.54 Å². The van der Waals surface area contributed by atoms with E-state index in [1.54, 1.807) is 0 Å². The van der Waals surface area contributed by atoms with Gasteiger partial charge in [0.25, 0.3) is 0 Å².